The number of imidazole rings is 1. The van der Waals surface area contributed by atoms with Gasteiger partial charge in [0.25, 0.3) is 0 Å². The molecule has 76 valence electrons. The van der Waals surface area contributed by atoms with Crippen LogP contribution in [0.2, 0.25) is 0 Å². The van der Waals surface area contributed by atoms with Gasteiger partial charge in [0.05, 0.1) is 17.6 Å². The SMILES string of the molecule is C#CCCCn1cncc1C(C)(C)N. The van der Waals surface area contributed by atoms with Crippen molar-refractivity contribution in [3.8, 4) is 12.3 Å². The van der Waals surface area contributed by atoms with Crippen LogP contribution >= 0.6 is 0 Å². The minimum absolute atomic E-state index is 0.341. The van der Waals surface area contributed by atoms with Crippen molar-refractivity contribution in [3.63, 3.8) is 0 Å². The van der Waals surface area contributed by atoms with E-state index in [2.05, 4.69) is 15.5 Å². The highest BCUT2D eigenvalue weighted by molar-refractivity contribution is 5.09. The molecule has 1 aromatic heterocycles. The molecule has 1 aromatic rings. The van der Waals surface area contributed by atoms with Crippen LogP contribution in [0, 0.1) is 12.3 Å². The van der Waals surface area contributed by atoms with E-state index in [1.807, 2.05) is 20.0 Å². The van der Waals surface area contributed by atoms with Crippen LogP contribution in [0.4, 0.5) is 0 Å². The maximum Gasteiger partial charge on any atom is 0.0948 e. The first kappa shape index (κ1) is 10.8. The Morgan fingerprint density at radius 2 is 2.36 bits per heavy atom. The Morgan fingerprint density at radius 1 is 1.64 bits per heavy atom. The average molecular weight is 191 g/mol. The van der Waals surface area contributed by atoms with Crippen LogP contribution in [-0.2, 0) is 12.1 Å². The minimum Gasteiger partial charge on any atom is -0.333 e. The second-order valence-corrected chi connectivity index (χ2v) is 4.00. The highest BCUT2D eigenvalue weighted by Gasteiger charge is 2.18. The second-order valence-electron chi connectivity index (χ2n) is 4.00. The normalized spacial score (nSPS) is 11.3. The lowest BCUT2D eigenvalue weighted by Crippen LogP contribution is -2.31. The predicted molar refractivity (Wildman–Crippen MR) is 57.5 cm³/mol. The molecule has 0 aromatic carbocycles. The third-order valence-electron chi connectivity index (χ3n) is 2.09. The Kier molecular flexibility index (Phi) is 3.32. The van der Waals surface area contributed by atoms with E-state index in [4.69, 9.17) is 12.2 Å². The molecule has 0 unspecified atom stereocenters. The smallest absolute Gasteiger partial charge is 0.0948 e. The van der Waals surface area contributed by atoms with E-state index in [0.29, 0.717) is 0 Å². The van der Waals surface area contributed by atoms with E-state index in [0.717, 1.165) is 25.1 Å². The van der Waals surface area contributed by atoms with E-state index < -0.39 is 0 Å². The third-order valence-corrected chi connectivity index (χ3v) is 2.09. The van der Waals surface area contributed by atoms with Crippen LogP contribution < -0.4 is 5.73 Å². The number of aryl methyl sites for hydroxylation is 1. The molecule has 0 atom stereocenters. The van der Waals surface area contributed by atoms with Crippen molar-refractivity contribution < 1.29 is 0 Å². The summed E-state index contributed by atoms with van der Waals surface area (Å²) in [5.74, 6) is 2.62. The monoisotopic (exact) mass is 191 g/mol. The summed E-state index contributed by atoms with van der Waals surface area (Å²) < 4.78 is 2.07. The molecular formula is C11H17N3. The molecular weight excluding hydrogens is 174 g/mol. The molecule has 0 fully saturated rings. The van der Waals surface area contributed by atoms with Crippen molar-refractivity contribution in [1.82, 2.24) is 9.55 Å². The highest BCUT2D eigenvalue weighted by atomic mass is 15.1. The summed E-state index contributed by atoms with van der Waals surface area (Å²) in [6.07, 6.45) is 10.6. The molecule has 0 aliphatic carbocycles. The maximum atomic E-state index is 6.01. The Labute approximate surface area is 85.3 Å². The molecule has 1 rings (SSSR count). The van der Waals surface area contributed by atoms with Gasteiger partial charge in [0, 0.05) is 19.2 Å². The summed E-state index contributed by atoms with van der Waals surface area (Å²) in [5.41, 5.74) is 6.71. The van der Waals surface area contributed by atoms with Crippen molar-refractivity contribution in [3.05, 3.63) is 18.2 Å². The lowest BCUT2D eigenvalue weighted by Gasteiger charge is -2.20. The Morgan fingerprint density at radius 3 is 2.93 bits per heavy atom. The molecule has 0 spiro atoms. The number of rotatable bonds is 4. The van der Waals surface area contributed by atoms with Crippen molar-refractivity contribution in [1.29, 1.82) is 0 Å². The number of nitrogens with zero attached hydrogens (tertiary/aromatic N) is 2. The predicted octanol–water partition coefficient (Wildman–Crippen LogP) is 1.49. The molecule has 0 saturated carbocycles. The second kappa shape index (κ2) is 4.30. The molecule has 0 aliphatic rings. The molecule has 0 bridgehead atoms. The molecule has 3 nitrogen and oxygen atoms in total. The molecule has 0 amide bonds. The summed E-state index contributed by atoms with van der Waals surface area (Å²) >= 11 is 0. The number of aromatic nitrogens is 2. The van der Waals surface area contributed by atoms with Crippen LogP contribution in [0.3, 0.4) is 0 Å². The lowest BCUT2D eigenvalue weighted by atomic mass is 10.0. The topological polar surface area (TPSA) is 43.8 Å². The van der Waals surface area contributed by atoms with Gasteiger partial charge in [-0.3, -0.25) is 0 Å². The van der Waals surface area contributed by atoms with Gasteiger partial charge in [0.15, 0.2) is 0 Å². The molecule has 0 radical (unpaired) electrons. The van der Waals surface area contributed by atoms with E-state index in [-0.39, 0.29) is 5.54 Å². The third kappa shape index (κ3) is 2.61. The fourth-order valence-electron chi connectivity index (χ4n) is 1.39. The maximum absolute atomic E-state index is 6.01. The van der Waals surface area contributed by atoms with Crippen LogP contribution in [0.15, 0.2) is 12.5 Å². The van der Waals surface area contributed by atoms with Gasteiger partial charge >= 0.3 is 0 Å². The van der Waals surface area contributed by atoms with Crippen molar-refractivity contribution >= 4 is 0 Å². The fraction of sp³-hybridized carbons (Fsp3) is 0.545. The summed E-state index contributed by atoms with van der Waals surface area (Å²) in [6.45, 7) is 4.84. The van der Waals surface area contributed by atoms with Crippen LogP contribution in [0.25, 0.3) is 0 Å². The first-order valence-electron chi connectivity index (χ1n) is 4.78. The summed E-state index contributed by atoms with van der Waals surface area (Å²) in [4.78, 5) is 4.10. The molecule has 1 heterocycles. The summed E-state index contributed by atoms with van der Waals surface area (Å²) in [5, 5.41) is 0. The van der Waals surface area contributed by atoms with Gasteiger partial charge in [0.1, 0.15) is 0 Å². The molecule has 0 saturated heterocycles. The fourth-order valence-corrected chi connectivity index (χ4v) is 1.39. The lowest BCUT2D eigenvalue weighted by molar-refractivity contribution is 0.486. The number of hydrogen-bond acceptors (Lipinski definition) is 2. The first-order chi connectivity index (χ1) is 6.55. The first-order valence-corrected chi connectivity index (χ1v) is 4.78. The number of hydrogen-bond donors (Lipinski definition) is 1. The molecule has 3 heteroatoms. The zero-order chi connectivity index (χ0) is 10.6. The minimum atomic E-state index is -0.341. The van der Waals surface area contributed by atoms with Crippen molar-refractivity contribution in [2.75, 3.05) is 0 Å². The van der Waals surface area contributed by atoms with Crippen LogP contribution in [0.1, 0.15) is 32.4 Å². The van der Waals surface area contributed by atoms with E-state index in [1.54, 1.807) is 6.33 Å². The standard InChI is InChI=1S/C11H17N3/c1-4-5-6-7-14-9-13-8-10(14)11(2,3)12/h1,8-9H,5-7,12H2,2-3H3. The van der Waals surface area contributed by atoms with Crippen LogP contribution in [-0.4, -0.2) is 9.55 Å². The van der Waals surface area contributed by atoms with Gasteiger partial charge in [-0.1, -0.05) is 0 Å². The Hall–Kier alpha value is -1.27. The average Bonchev–Trinajstić information content (AvgIpc) is 2.52. The van der Waals surface area contributed by atoms with E-state index >= 15 is 0 Å². The zero-order valence-electron chi connectivity index (χ0n) is 8.83. The van der Waals surface area contributed by atoms with Gasteiger partial charge < -0.3 is 10.3 Å². The summed E-state index contributed by atoms with van der Waals surface area (Å²) in [7, 11) is 0. The number of nitrogens with two attached hydrogens (primary N) is 1. The van der Waals surface area contributed by atoms with Gasteiger partial charge in [-0.2, -0.15) is 0 Å². The van der Waals surface area contributed by atoms with E-state index in [1.165, 1.54) is 0 Å². The van der Waals surface area contributed by atoms with Crippen LogP contribution in [0.5, 0.6) is 0 Å². The molecule has 0 aliphatic heterocycles. The van der Waals surface area contributed by atoms with Gasteiger partial charge in [-0.15, -0.1) is 12.3 Å². The quantitative estimate of drug-likeness (QED) is 0.579. The highest BCUT2D eigenvalue weighted by Crippen LogP contribution is 2.16. The zero-order valence-corrected chi connectivity index (χ0v) is 8.83. The molecule has 14 heavy (non-hydrogen) atoms. The van der Waals surface area contributed by atoms with Gasteiger partial charge in [-0.25, -0.2) is 4.98 Å². The van der Waals surface area contributed by atoms with Gasteiger partial charge in [0.2, 0.25) is 0 Å². The Bertz CT molecular complexity index is 325. The number of terminal acetylenes is 1. The number of unbranched alkanes of at least 4 members (excludes halogenated alkanes) is 1. The van der Waals surface area contributed by atoms with Gasteiger partial charge in [-0.05, 0) is 20.3 Å². The van der Waals surface area contributed by atoms with Crippen molar-refractivity contribution in [2.45, 2.75) is 38.8 Å². The van der Waals surface area contributed by atoms with E-state index in [9.17, 15) is 0 Å². The van der Waals surface area contributed by atoms with Crippen molar-refractivity contribution in [2.24, 2.45) is 5.73 Å². The molecule has 2 N–H and O–H groups in total. The largest absolute Gasteiger partial charge is 0.333 e. The Balaban J connectivity index is 2.69. The summed E-state index contributed by atoms with van der Waals surface area (Å²) in [6, 6.07) is 0.